The highest BCUT2D eigenvalue weighted by Gasteiger charge is 2.19. The Bertz CT molecular complexity index is 1040. The van der Waals surface area contributed by atoms with Gasteiger partial charge in [-0.25, -0.2) is 9.97 Å². The lowest BCUT2D eigenvalue weighted by atomic mass is 10.2. The van der Waals surface area contributed by atoms with Crippen molar-refractivity contribution in [2.75, 3.05) is 5.75 Å². The predicted octanol–water partition coefficient (Wildman–Crippen LogP) is 4.82. The number of hydrogen-bond acceptors (Lipinski definition) is 7. The summed E-state index contributed by atoms with van der Waals surface area (Å²) in [5.41, 5.74) is 1.18. The van der Waals surface area contributed by atoms with Gasteiger partial charge in [0.15, 0.2) is 0 Å². The third kappa shape index (κ3) is 3.98. The molecule has 0 bridgehead atoms. The van der Waals surface area contributed by atoms with Crippen LogP contribution < -0.4 is 0 Å². The SMILES string of the molecule is Cc1sc2ncnc(SCC(=O)N(Cc3ccco3)Cc3ccco3)c2c1C. The first-order valence-corrected chi connectivity index (χ1v) is 10.6. The molecule has 0 atom stereocenters. The second kappa shape index (κ2) is 8.20. The number of carbonyl (C=O) groups is 1. The Morgan fingerprint density at radius 2 is 1.79 bits per heavy atom. The number of hydrogen-bond donors (Lipinski definition) is 0. The molecule has 0 unspecified atom stereocenters. The van der Waals surface area contributed by atoms with Crippen LogP contribution in [0.25, 0.3) is 10.2 Å². The van der Waals surface area contributed by atoms with Gasteiger partial charge in [-0.2, -0.15) is 0 Å². The number of thioether (sulfide) groups is 1. The molecule has 0 fully saturated rings. The van der Waals surface area contributed by atoms with E-state index < -0.39 is 0 Å². The zero-order chi connectivity index (χ0) is 19.5. The van der Waals surface area contributed by atoms with Gasteiger partial charge in [0.25, 0.3) is 0 Å². The van der Waals surface area contributed by atoms with Gasteiger partial charge in [-0.1, -0.05) is 11.8 Å². The lowest BCUT2D eigenvalue weighted by Gasteiger charge is -2.20. The molecule has 0 saturated heterocycles. The number of nitrogens with zero attached hydrogens (tertiary/aromatic N) is 3. The van der Waals surface area contributed by atoms with E-state index in [9.17, 15) is 4.79 Å². The fourth-order valence-electron chi connectivity index (χ4n) is 2.89. The van der Waals surface area contributed by atoms with E-state index in [1.165, 1.54) is 22.2 Å². The molecular formula is C20H19N3O3S2. The van der Waals surface area contributed by atoms with Crippen LogP contribution in [0.15, 0.2) is 57.0 Å². The predicted molar refractivity (Wildman–Crippen MR) is 109 cm³/mol. The molecule has 0 aliphatic rings. The molecule has 1 amide bonds. The average molecular weight is 414 g/mol. The van der Waals surface area contributed by atoms with Gasteiger partial charge in [-0.3, -0.25) is 4.79 Å². The Morgan fingerprint density at radius 1 is 1.11 bits per heavy atom. The van der Waals surface area contributed by atoms with E-state index in [-0.39, 0.29) is 11.7 Å². The maximum Gasteiger partial charge on any atom is 0.233 e. The molecule has 0 aliphatic heterocycles. The van der Waals surface area contributed by atoms with Gasteiger partial charge in [0.2, 0.25) is 5.91 Å². The van der Waals surface area contributed by atoms with Crippen LogP contribution in [0.2, 0.25) is 0 Å². The Kier molecular flexibility index (Phi) is 5.50. The minimum atomic E-state index is -0.00540. The molecule has 0 aliphatic carbocycles. The highest BCUT2D eigenvalue weighted by atomic mass is 32.2. The van der Waals surface area contributed by atoms with Crippen LogP contribution in [0.1, 0.15) is 22.0 Å². The number of aromatic nitrogens is 2. The van der Waals surface area contributed by atoms with E-state index in [0.29, 0.717) is 13.1 Å². The molecule has 28 heavy (non-hydrogen) atoms. The molecule has 4 aromatic rings. The fraction of sp³-hybridized carbons (Fsp3) is 0.250. The smallest absolute Gasteiger partial charge is 0.233 e. The lowest BCUT2D eigenvalue weighted by molar-refractivity contribution is -0.130. The van der Waals surface area contributed by atoms with E-state index in [2.05, 4.69) is 23.8 Å². The number of aryl methyl sites for hydroxylation is 2. The third-order valence-corrected chi connectivity index (χ3v) is 6.56. The van der Waals surface area contributed by atoms with Gasteiger partial charge in [0.1, 0.15) is 27.7 Å². The molecule has 0 radical (unpaired) electrons. The van der Waals surface area contributed by atoms with Crippen molar-refractivity contribution in [3.63, 3.8) is 0 Å². The molecule has 0 spiro atoms. The number of amides is 1. The van der Waals surface area contributed by atoms with Crippen LogP contribution in [0.5, 0.6) is 0 Å². The highest BCUT2D eigenvalue weighted by molar-refractivity contribution is 8.00. The number of thiophene rings is 1. The van der Waals surface area contributed by atoms with Crippen LogP contribution in [-0.4, -0.2) is 26.5 Å². The average Bonchev–Trinajstić information content (AvgIpc) is 3.43. The van der Waals surface area contributed by atoms with E-state index >= 15 is 0 Å². The number of furan rings is 2. The summed E-state index contributed by atoms with van der Waals surface area (Å²) in [7, 11) is 0. The van der Waals surface area contributed by atoms with Crippen LogP contribution >= 0.6 is 23.1 Å². The topological polar surface area (TPSA) is 72.4 Å². The van der Waals surface area contributed by atoms with Crippen LogP contribution in [0, 0.1) is 13.8 Å². The van der Waals surface area contributed by atoms with Crippen molar-refractivity contribution in [1.29, 1.82) is 0 Å². The summed E-state index contributed by atoms with van der Waals surface area (Å²) in [5, 5.41) is 1.89. The van der Waals surface area contributed by atoms with Crippen molar-refractivity contribution in [3.8, 4) is 0 Å². The normalized spacial score (nSPS) is 11.2. The first-order valence-electron chi connectivity index (χ1n) is 8.78. The zero-order valence-corrected chi connectivity index (χ0v) is 17.2. The molecular weight excluding hydrogens is 394 g/mol. The van der Waals surface area contributed by atoms with Crippen molar-refractivity contribution < 1.29 is 13.6 Å². The lowest BCUT2D eigenvalue weighted by Crippen LogP contribution is -2.31. The van der Waals surface area contributed by atoms with Crippen molar-refractivity contribution in [3.05, 3.63) is 65.1 Å². The summed E-state index contributed by atoms with van der Waals surface area (Å²) in [6.45, 7) is 4.94. The fourth-order valence-corrected chi connectivity index (χ4v) is 4.91. The maximum absolute atomic E-state index is 13.0. The van der Waals surface area contributed by atoms with Crippen LogP contribution in [0.3, 0.4) is 0 Å². The molecule has 4 aromatic heterocycles. The first kappa shape index (κ1) is 18.8. The molecule has 8 heteroatoms. The molecule has 0 N–H and O–H groups in total. The minimum absolute atomic E-state index is 0.00540. The van der Waals surface area contributed by atoms with Crippen LogP contribution in [-0.2, 0) is 17.9 Å². The monoisotopic (exact) mass is 413 g/mol. The van der Waals surface area contributed by atoms with E-state index in [4.69, 9.17) is 8.83 Å². The highest BCUT2D eigenvalue weighted by Crippen LogP contribution is 2.34. The standard InChI is InChI=1S/C20H19N3O3S2/c1-13-14(2)28-20-18(13)19(21-12-22-20)27-11-17(24)23(9-15-5-3-7-25-15)10-16-6-4-8-26-16/h3-8,12H,9-11H2,1-2H3. The maximum atomic E-state index is 13.0. The largest absolute Gasteiger partial charge is 0.467 e. The Balaban J connectivity index is 1.51. The minimum Gasteiger partial charge on any atom is -0.467 e. The van der Waals surface area contributed by atoms with Crippen LogP contribution in [0.4, 0.5) is 0 Å². The Labute approximate surface area is 170 Å². The first-order chi connectivity index (χ1) is 13.6. The third-order valence-electron chi connectivity index (χ3n) is 4.47. The van der Waals surface area contributed by atoms with Crippen molar-refractivity contribution >= 4 is 39.2 Å². The summed E-state index contributed by atoms with van der Waals surface area (Å²) >= 11 is 3.10. The molecule has 0 aromatic carbocycles. The number of fused-ring (bicyclic) bond motifs is 1. The zero-order valence-electron chi connectivity index (χ0n) is 15.5. The van der Waals surface area contributed by atoms with E-state index in [0.717, 1.165) is 26.8 Å². The van der Waals surface area contributed by atoms with E-state index in [1.807, 2.05) is 24.3 Å². The summed E-state index contributed by atoms with van der Waals surface area (Å²) in [6.07, 6.45) is 4.78. The second-order valence-corrected chi connectivity index (χ2v) is 8.51. The summed E-state index contributed by atoms with van der Waals surface area (Å²) < 4.78 is 10.8. The van der Waals surface area contributed by atoms with Gasteiger partial charge in [0, 0.05) is 10.3 Å². The molecule has 6 nitrogen and oxygen atoms in total. The van der Waals surface area contributed by atoms with Crippen molar-refractivity contribution in [1.82, 2.24) is 14.9 Å². The van der Waals surface area contributed by atoms with Gasteiger partial charge >= 0.3 is 0 Å². The summed E-state index contributed by atoms with van der Waals surface area (Å²) in [6, 6.07) is 7.36. The number of rotatable bonds is 7. The Hall–Kier alpha value is -2.58. The second-order valence-electron chi connectivity index (χ2n) is 6.34. The molecule has 4 rings (SSSR count). The van der Waals surface area contributed by atoms with Crippen molar-refractivity contribution in [2.24, 2.45) is 0 Å². The molecule has 144 valence electrons. The van der Waals surface area contributed by atoms with E-state index in [1.54, 1.807) is 35.1 Å². The van der Waals surface area contributed by atoms with Gasteiger partial charge < -0.3 is 13.7 Å². The van der Waals surface area contributed by atoms with Gasteiger partial charge in [0.05, 0.1) is 31.4 Å². The quantitative estimate of drug-likeness (QED) is 0.320. The number of carbonyl (C=O) groups excluding carboxylic acids is 1. The summed E-state index contributed by atoms with van der Waals surface area (Å²) in [5.74, 6) is 1.74. The molecule has 4 heterocycles. The Morgan fingerprint density at radius 3 is 2.39 bits per heavy atom. The van der Waals surface area contributed by atoms with Crippen molar-refractivity contribution in [2.45, 2.75) is 32.0 Å². The molecule has 0 saturated carbocycles. The van der Waals surface area contributed by atoms with Gasteiger partial charge in [-0.15, -0.1) is 11.3 Å². The van der Waals surface area contributed by atoms with Gasteiger partial charge in [-0.05, 0) is 43.7 Å². The summed E-state index contributed by atoms with van der Waals surface area (Å²) in [4.78, 5) is 25.7.